The van der Waals surface area contributed by atoms with Crippen LogP contribution in [0.3, 0.4) is 0 Å². The lowest BCUT2D eigenvalue weighted by Crippen LogP contribution is -2.24. The molecule has 0 saturated carbocycles. The lowest BCUT2D eigenvalue weighted by atomic mass is 9.79. The van der Waals surface area contributed by atoms with E-state index in [1.807, 2.05) is 13.8 Å². The first-order valence-corrected chi connectivity index (χ1v) is 6.21. The maximum absolute atomic E-state index is 13.1. The normalized spacial score (nSPS) is 17.6. The minimum Gasteiger partial charge on any atom is -0.353 e. The van der Waals surface area contributed by atoms with Gasteiger partial charge in [-0.25, -0.2) is 4.39 Å². The Morgan fingerprint density at radius 1 is 1.35 bits per heavy atom. The first-order valence-electron chi connectivity index (χ1n) is 6.21. The van der Waals surface area contributed by atoms with Gasteiger partial charge in [0.15, 0.2) is 5.78 Å². The molecule has 5 nitrogen and oxygen atoms in total. The molecule has 0 atom stereocenters. The second-order valence-electron chi connectivity index (χ2n) is 5.70. The van der Waals surface area contributed by atoms with Gasteiger partial charge in [0.25, 0.3) is 5.69 Å². The van der Waals surface area contributed by atoms with Gasteiger partial charge in [-0.15, -0.1) is 0 Å². The number of nitrogens with one attached hydrogen (secondary N) is 1. The molecule has 0 amide bonds. The Kier molecular flexibility index (Phi) is 3.57. The summed E-state index contributed by atoms with van der Waals surface area (Å²) in [6.07, 6.45) is 2.51. The number of hydrogen-bond donors (Lipinski definition) is 1. The van der Waals surface area contributed by atoms with E-state index in [4.69, 9.17) is 0 Å². The first kappa shape index (κ1) is 14.2. The third-order valence-corrected chi connectivity index (χ3v) is 3.11. The van der Waals surface area contributed by atoms with Gasteiger partial charge < -0.3 is 5.32 Å². The van der Waals surface area contributed by atoms with Gasteiger partial charge in [-0.1, -0.05) is 13.8 Å². The van der Waals surface area contributed by atoms with Crippen LogP contribution >= 0.6 is 0 Å². The fourth-order valence-electron chi connectivity index (χ4n) is 2.36. The molecule has 106 valence electrons. The fourth-order valence-corrected chi connectivity index (χ4v) is 2.36. The number of halogens is 1. The van der Waals surface area contributed by atoms with Crippen molar-refractivity contribution in [2.45, 2.75) is 26.7 Å². The van der Waals surface area contributed by atoms with Crippen LogP contribution in [0.2, 0.25) is 0 Å². The Labute approximate surface area is 115 Å². The van der Waals surface area contributed by atoms with Gasteiger partial charge in [0.2, 0.25) is 0 Å². The number of nitro groups is 1. The van der Waals surface area contributed by atoms with E-state index in [1.165, 1.54) is 12.1 Å². The number of rotatable bonds is 3. The van der Waals surface area contributed by atoms with Crippen LogP contribution in [0.5, 0.6) is 0 Å². The molecule has 0 heterocycles. The van der Waals surface area contributed by atoms with Gasteiger partial charge in [-0.05, 0) is 24.0 Å². The van der Waals surface area contributed by atoms with E-state index in [1.54, 1.807) is 0 Å². The Balaban J connectivity index is 2.31. The van der Waals surface area contributed by atoms with E-state index >= 15 is 0 Å². The summed E-state index contributed by atoms with van der Waals surface area (Å²) in [6.45, 7) is 3.91. The van der Waals surface area contributed by atoms with E-state index in [0.29, 0.717) is 18.5 Å². The van der Waals surface area contributed by atoms with Crippen LogP contribution in [0.4, 0.5) is 15.8 Å². The van der Waals surface area contributed by atoms with E-state index in [0.717, 1.165) is 12.1 Å². The molecule has 0 aliphatic heterocycles. The number of benzene rings is 1. The van der Waals surface area contributed by atoms with E-state index in [9.17, 15) is 19.3 Å². The zero-order chi connectivity index (χ0) is 14.9. The van der Waals surface area contributed by atoms with Gasteiger partial charge in [0.1, 0.15) is 11.5 Å². The van der Waals surface area contributed by atoms with E-state index in [-0.39, 0.29) is 22.6 Å². The van der Waals surface area contributed by atoms with E-state index in [2.05, 4.69) is 5.32 Å². The maximum atomic E-state index is 13.1. The topological polar surface area (TPSA) is 72.2 Å². The summed E-state index contributed by atoms with van der Waals surface area (Å²) in [5.74, 6) is -0.690. The molecule has 1 aromatic rings. The zero-order valence-electron chi connectivity index (χ0n) is 11.3. The molecule has 20 heavy (non-hydrogen) atoms. The number of nitro benzene ring substituents is 1. The quantitative estimate of drug-likeness (QED) is 0.679. The highest BCUT2D eigenvalue weighted by molar-refractivity contribution is 5.92. The standard InChI is InChI=1S/C14H15FN2O3/c1-14(2)7-10(6-11(18)8-14)16-12-4-3-9(15)5-13(12)17(19)20/h3-6,16H,7-8H2,1-2H3. The van der Waals surface area contributed by atoms with Gasteiger partial charge >= 0.3 is 0 Å². The van der Waals surface area contributed by atoms with Crippen LogP contribution < -0.4 is 5.32 Å². The maximum Gasteiger partial charge on any atom is 0.295 e. The zero-order valence-corrected chi connectivity index (χ0v) is 11.3. The second kappa shape index (κ2) is 5.03. The fraction of sp³-hybridized carbons (Fsp3) is 0.357. The predicted octanol–water partition coefficient (Wildman–Crippen LogP) is 3.42. The molecule has 0 bridgehead atoms. The minimum atomic E-state index is -0.670. The first-order chi connectivity index (χ1) is 9.27. The number of allylic oxidation sites excluding steroid dienone is 2. The highest BCUT2D eigenvalue weighted by Crippen LogP contribution is 2.35. The monoisotopic (exact) mass is 278 g/mol. The Morgan fingerprint density at radius 2 is 2.05 bits per heavy atom. The minimum absolute atomic E-state index is 0.0199. The average molecular weight is 278 g/mol. The molecule has 0 unspecified atom stereocenters. The van der Waals surface area contributed by atoms with Gasteiger partial charge in [-0.3, -0.25) is 14.9 Å². The second-order valence-corrected chi connectivity index (χ2v) is 5.70. The number of carbonyl (C=O) groups excluding carboxylic acids is 1. The predicted molar refractivity (Wildman–Crippen MR) is 72.8 cm³/mol. The molecule has 0 fully saturated rings. The Bertz CT molecular complexity index is 608. The van der Waals surface area contributed by atoms with Gasteiger partial charge in [-0.2, -0.15) is 0 Å². The summed E-state index contributed by atoms with van der Waals surface area (Å²) in [5.41, 5.74) is 0.263. The van der Waals surface area contributed by atoms with Crippen LogP contribution in [0.25, 0.3) is 0 Å². The Morgan fingerprint density at radius 3 is 2.65 bits per heavy atom. The van der Waals surface area contributed by atoms with Crippen molar-refractivity contribution < 1.29 is 14.1 Å². The number of carbonyl (C=O) groups is 1. The van der Waals surface area contributed by atoms with Crippen molar-refractivity contribution in [3.8, 4) is 0 Å². The van der Waals surface area contributed by atoms with Gasteiger partial charge in [0, 0.05) is 18.2 Å². The molecule has 2 rings (SSSR count). The number of nitrogens with zero attached hydrogens (tertiary/aromatic N) is 1. The summed E-state index contributed by atoms with van der Waals surface area (Å²) >= 11 is 0. The van der Waals surface area contributed by atoms with E-state index < -0.39 is 10.7 Å². The van der Waals surface area contributed by atoms with Crippen LogP contribution in [-0.4, -0.2) is 10.7 Å². The molecule has 1 aliphatic rings. The molecule has 0 radical (unpaired) electrons. The van der Waals surface area contributed by atoms with Crippen LogP contribution in [0.1, 0.15) is 26.7 Å². The van der Waals surface area contributed by atoms with Crippen molar-refractivity contribution in [3.63, 3.8) is 0 Å². The highest BCUT2D eigenvalue weighted by Gasteiger charge is 2.28. The summed E-state index contributed by atoms with van der Waals surface area (Å²) in [6, 6.07) is 3.31. The van der Waals surface area contributed by atoms with Crippen molar-refractivity contribution in [3.05, 3.63) is 45.9 Å². The molecule has 1 aliphatic carbocycles. The van der Waals surface area contributed by atoms with Crippen LogP contribution in [0.15, 0.2) is 30.0 Å². The number of ketones is 1. The van der Waals surface area contributed by atoms with Crippen molar-refractivity contribution in [2.24, 2.45) is 5.41 Å². The van der Waals surface area contributed by atoms with Crippen LogP contribution in [0, 0.1) is 21.3 Å². The third-order valence-electron chi connectivity index (χ3n) is 3.11. The number of hydrogen-bond acceptors (Lipinski definition) is 4. The third kappa shape index (κ3) is 3.20. The van der Waals surface area contributed by atoms with Crippen molar-refractivity contribution >= 4 is 17.2 Å². The lowest BCUT2D eigenvalue weighted by Gasteiger charge is -2.29. The Hall–Kier alpha value is -2.24. The summed E-state index contributed by atoms with van der Waals surface area (Å²) in [5, 5.41) is 13.8. The molecule has 1 N–H and O–H groups in total. The smallest absolute Gasteiger partial charge is 0.295 e. The average Bonchev–Trinajstić information content (AvgIpc) is 2.28. The molecular weight excluding hydrogens is 263 g/mol. The SMILES string of the molecule is CC1(C)CC(=O)C=C(Nc2ccc(F)cc2[N+](=O)[O-])C1. The lowest BCUT2D eigenvalue weighted by molar-refractivity contribution is -0.384. The summed E-state index contributed by atoms with van der Waals surface area (Å²) in [4.78, 5) is 21.9. The highest BCUT2D eigenvalue weighted by atomic mass is 19.1. The molecule has 6 heteroatoms. The van der Waals surface area contributed by atoms with Crippen molar-refractivity contribution in [1.82, 2.24) is 0 Å². The molecule has 0 aromatic heterocycles. The molecule has 1 aromatic carbocycles. The molecule has 0 saturated heterocycles. The molecule has 0 spiro atoms. The van der Waals surface area contributed by atoms with Crippen LogP contribution in [-0.2, 0) is 4.79 Å². The van der Waals surface area contributed by atoms with Crippen molar-refractivity contribution in [1.29, 1.82) is 0 Å². The summed E-state index contributed by atoms with van der Waals surface area (Å²) in [7, 11) is 0. The van der Waals surface area contributed by atoms with Gasteiger partial charge in [0.05, 0.1) is 11.0 Å². The summed E-state index contributed by atoms with van der Waals surface area (Å²) < 4.78 is 13.1. The number of anilines is 1. The van der Waals surface area contributed by atoms with Crippen molar-refractivity contribution in [2.75, 3.05) is 5.32 Å². The molecular formula is C14H15FN2O3. The largest absolute Gasteiger partial charge is 0.353 e.